The largest absolute Gasteiger partial charge is 0.462 e. The molecule has 0 saturated heterocycles. The van der Waals surface area contributed by atoms with Gasteiger partial charge in [0, 0.05) is 12.8 Å². The van der Waals surface area contributed by atoms with Crippen molar-refractivity contribution in [2.75, 3.05) is 0 Å². The Labute approximate surface area is 242 Å². The lowest BCUT2D eigenvalue weighted by Gasteiger charge is -2.55. The summed E-state index contributed by atoms with van der Waals surface area (Å²) < 4.78 is 6.04. The van der Waals surface area contributed by atoms with Gasteiger partial charge in [0.2, 0.25) is 0 Å². The molecule has 0 amide bonds. The summed E-state index contributed by atoms with van der Waals surface area (Å²) in [6.45, 7) is 14.8. The van der Waals surface area contributed by atoms with Crippen LogP contribution in [0, 0.1) is 40.4 Å². The molecule has 0 bridgehead atoms. The van der Waals surface area contributed by atoms with Gasteiger partial charge in [-0.3, -0.25) is 4.79 Å². The van der Waals surface area contributed by atoms with Gasteiger partial charge in [-0.25, -0.2) is 0 Å². The van der Waals surface area contributed by atoms with Crippen LogP contribution in [-0.2, 0) is 9.53 Å². The van der Waals surface area contributed by atoms with E-state index in [-0.39, 0.29) is 17.5 Å². The van der Waals surface area contributed by atoms with Crippen molar-refractivity contribution < 1.29 is 9.53 Å². The Balaban J connectivity index is 1.32. The normalized spacial score (nSPS) is 34.5. The number of esters is 1. The molecule has 7 atom stereocenters. The second-order valence-electron chi connectivity index (χ2n) is 15.1. The molecule has 0 radical (unpaired) electrons. The van der Waals surface area contributed by atoms with Crippen molar-refractivity contribution in [1.82, 2.24) is 0 Å². The van der Waals surface area contributed by atoms with Crippen molar-refractivity contribution in [2.24, 2.45) is 40.4 Å². The van der Waals surface area contributed by atoms with E-state index >= 15 is 0 Å². The standard InChI is InChI=1S/C37H62O2/c1-7-8-9-10-11-12-13-17-35(38)39-30-22-24-36(5)29(26-30)18-19-31-33-21-20-32(28(4)16-14-15-27(2)3)37(33,6)25-23-34(31)36/h18-19,27-28,30,32-34H,7-17,20-26H2,1-6H3/t28-,30+,32?,33+,34+,36+,37-/m1/s1. The monoisotopic (exact) mass is 538 g/mol. The van der Waals surface area contributed by atoms with Crippen LogP contribution in [0.2, 0.25) is 0 Å². The lowest BCUT2D eigenvalue weighted by atomic mass is 9.50. The second kappa shape index (κ2) is 13.7. The van der Waals surface area contributed by atoms with E-state index < -0.39 is 0 Å². The smallest absolute Gasteiger partial charge is 0.306 e. The fraction of sp³-hybridized carbons (Fsp3) is 0.865. The Morgan fingerprint density at radius 2 is 1.62 bits per heavy atom. The van der Waals surface area contributed by atoms with E-state index in [2.05, 4.69) is 53.7 Å². The molecule has 4 rings (SSSR count). The van der Waals surface area contributed by atoms with Gasteiger partial charge < -0.3 is 4.74 Å². The molecule has 2 heteroatoms. The molecule has 0 spiro atoms. The molecular weight excluding hydrogens is 476 g/mol. The number of allylic oxidation sites excluding steroid dienone is 3. The molecule has 222 valence electrons. The zero-order valence-electron chi connectivity index (χ0n) is 26.7. The highest BCUT2D eigenvalue weighted by Crippen LogP contribution is 2.66. The molecule has 0 aromatic carbocycles. The third-order valence-electron chi connectivity index (χ3n) is 12.0. The lowest BCUT2D eigenvalue weighted by Crippen LogP contribution is -2.46. The number of hydrogen-bond acceptors (Lipinski definition) is 2. The summed E-state index contributed by atoms with van der Waals surface area (Å²) in [7, 11) is 0. The third-order valence-corrected chi connectivity index (χ3v) is 12.0. The zero-order chi connectivity index (χ0) is 28.0. The van der Waals surface area contributed by atoms with Crippen LogP contribution in [0.4, 0.5) is 0 Å². The van der Waals surface area contributed by atoms with Crippen LogP contribution in [0.5, 0.6) is 0 Å². The molecule has 0 heterocycles. The van der Waals surface area contributed by atoms with Crippen LogP contribution >= 0.6 is 0 Å². The minimum absolute atomic E-state index is 0.0396. The first-order valence-electron chi connectivity index (χ1n) is 17.3. The molecule has 4 aliphatic carbocycles. The Morgan fingerprint density at radius 3 is 2.36 bits per heavy atom. The maximum absolute atomic E-state index is 12.6. The summed E-state index contributed by atoms with van der Waals surface area (Å²) in [4.78, 5) is 12.6. The van der Waals surface area contributed by atoms with Gasteiger partial charge in [0.25, 0.3) is 0 Å². The van der Waals surface area contributed by atoms with Crippen LogP contribution in [0.3, 0.4) is 0 Å². The van der Waals surface area contributed by atoms with Crippen LogP contribution in [0.1, 0.15) is 157 Å². The molecule has 3 fully saturated rings. The maximum atomic E-state index is 12.6. The van der Waals surface area contributed by atoms with Gasteiger partial charge >= 0.3 is 5.97 Å². The zero-order valence-corrected chi connectivity index (χ0v) is 26.7. The number of carbonyl (C=O) groups is 1. The molecular formula is C37H62O2. The van der Waals surface area contributed by atoms with Gasteiger partial charge in [0.15, 0.2) is 0 Å². The topological polar surface area (TPSA) is 26.3 Å². The van der Waals surface area contributed by atoms with E-state index in [1.165, 1.54) is 89.9 Å². The van der Waals surface area contributed by atoms with E-state index in [1.54, 1.807) is 11.1 Å². The summed E-state index contributed by atoms with van der Waals surface area (Å²) >= 11 is 0. The Hall–Kier alpha value is -1.05. The van der Waals surface area contributed by atoms with Crippen LogP contribution in [0.25, 0.3) is 0 Å². The van der Waals surface area contributed by atoms with Crippen molar-refractivity contribution in [2.45, 2.75) is 163 Å². The minimum atomic E-state index is 0.0396. The molecule has 1 unspecified atom stereocenters. The average Bonchev–Trinajstić information content (AvgIpc) is 3.25. The molecule has 0 N–H and O–H groups in total. The number of hydrogen-bond donors (Lipinski definition) is 0. The Morgan fingerprint density at radius 1 is 0.872 bits per heavy atom. The first-order valence-corrected chi connectivity index (χ1v) is 17.3. The van der Waals surface area contributed by atoms with Crippen molar-refractivity contribution >= 4 is 5.97 Å². The average molecular weight is 539 g/mol. The number of rotatable bonds is 14. The van der Waals surface area contributed by atoms with Crippen molar-refractivity contribution in [3.63, 3.8) is 0 Å². The summed E-state index contributed by atoms with van der Waals surface area (Å²) in [5.74, 6) is 4.10. The van der Waals surface area contributed by atoms with E-state index in [0.717, 1.165) is 42.9 Å². The molecule has 39 heavy (non-hydrogen) atoms. The molecule has 3 saturated carbocycles. The molecule has 2 nitrogen and oxygen atoms in total. The number of fused-ring (bicyclic) bond motifs is 5. The fourth-order valence-electron chi connectivity index (χ4n) is 9.57. The first-order chi connectivity index (χ1) is 18.7. The Bertz CT molecular complexity index is 867. The van der Waals surface area contributed by atoms with E-state index in [4.69, 9.17) is 4.74 Å². The molecule has 0 aromatic rings. The third kappa shape index (κ3) is 7.06. The minimum Gasteiger partial charge on any atom is -0.462 e. The molecule has 4 aliphatic rings. The first kappa shape index (κ1) is 30.9. The van der Waals surface area contributed by atoms with E-state index in [1.807, 2.05) is 0 Å². The number of ether oxygens (including phenoxy) is 1. The summed E-state index contributed by atoms with van der Waals surface area (Å²) in [5, 5.41) is 0. The van der Waals surface area contributed by atoms with Gasteiger partial charge in [0.1, 0.15) is 6.10 Å². The Kier molecular flexibility index (Phi) is 10.9. The van der Waals surface area contributed by atoms with Crippen LogP contribution < -0.4 is 0 Å². The molecule has 0 aromatic heterocycles. The highest BCUT2D eigenvalue weighted by Gasteiger charge is 2.57. The van der Waals surface area contributed by atoms with Gasteiger partial charge in [-0.2, -0.15) is 0 Å². The van der Waals surface area contributed by atoms with Crippen molar-refractivity contribution in [3.05, 3.63) is 23.3 Å². The highest BCUT2D eigenvalue weighted by molar-refractivity contribution is 5.69. The van der Waals surface area contributed by atoms with Crippen LogP contribution in [-0.4, -0.2) is 12.1 Å². The lowest BCUT2D eigenvalue weighted by molar-refractivity contribution is -0.151. The number of carbonyl (C=O) groups excluding carboxylic acids is 1. The van der Waals surface area contributed by atoms with Gasteiger partial charge in [-0.1, -0.05) is 123 Å². The summed E-state index contributed by atoms with van der Waals surface area (Å²) in [6.07, 6.45) is 27.4. The molecule has 0 aliphatic heterocycles. The summed E-state index contributed by atoms with van der Waals surface area (Å²) in [5.41, 5.74) is 4.12. The van der Waals surface area contributed by atoms with Crippen molar-refractivity contribution in [3.8, 4) is 0 Å². The van der Waals surface area contributed by atoms with Gasteiger partial charge in [-0.05, 0) is 85.4 Å². The maximum Gasteiger partial charge on any atom is 0.306 e. The van der Waals surface area contributed by atoms with Crippen molar-refractivity contribution in [1.29, 1.82) is 0 Å². The summed E-state index contributed by atoms with van der Waals surface area (Å²) in [6, 6.07) is 0. The van der Waals surface area contributed by atoms with E-state index in [9.17, 15) is 4.79 Å². The highest BCUT2D eigenvalue weighted by atomic mass is 16.5. The fourth-order valence-corrected chi connectivity index (χ4v) is 9.57. The van der Waals surface area contributed by atoms with Gasteiger partial charge in [-0.15, -0.1) is 0 Å². The predicted molar refractivity (Wildman–Crippen MR) is 166 cm³/mol. The quantitative estimate of drug-likeness (QED) is 0.162. The van der Waals surface area contributed by atoms with Crippen LogP contribution in [0.15, 0.2) is 23.3 Å². The predicted octanol–water partition coefficient (Wildman–Crippen LogP) is 11.0. The SMILES string of the molecule is CCCCCCCCCC(=O)O[C@H]1CC[C@@]2(C)C(=CC=C3[C@@H]2CC[C@]2(C)C([C@H](C)CCCC(C)C)CC[C@@H]32)C1. The van der Waals surface area contributed by atoms with E-state index in [0.29, 0.717) is 17.8 Å². The van der Waals surface area contributed by atoms with Gasteiger partial charge in [0.05, 0.1) is 0 Å². The number of unbranched alkanes of at least 4 members (excludes halogenated alkanes) is 6. The second-order valence-corrected chi connectivity index (χ2v) is 15.1.